The second-order valence-corrected chi connectivity index (χ2v) is 5.08. The zero-order valence-electron chi connectivity index (χ0n) is 12.1. The second-order valence-electron chi connectivity index (χ2n) is 4.69. The van der Waals surface area contributed by atoms with Gasteiger partial charge >= 0.3 is 0 Å². The lowest BCUT2D eigenvalue weighted by atomic mass is 10.2. The molecule has 1 heterocycles. The molecule has 0 aliphatic rings. The Morgan fingerprint density at radius 2 is 1.91 bits per heavy atom. The summed E-state index contributed by atoms with van der Waals surface area (Å²) >= 11 is 5.18. The van der Waals surface area contributed by atoms with Gasteiger partial charge < -0.3 is 9.84 Å². The first kappa shape index (κ1) is 15.0. The third-order valence-corrected chi connectivity index (χ3v) is 3.31. The normalized spacial score (nSPS) is 11.0. The lowest BCUT2D eigenvalue weighted by molar-refractivity contribution is 0.290. The summed E-state index contributed by atoms with van der Waals surface area (Å²) in [5.74, 6) is 1.52. The molecule has 3 aromatic rings. The molecule has 6 nitrogen and oxygen atoms in total. The molecule has 0 aliphatic heterocycles. The minimum absolute atomic E-state index is 0.207. The quantitative estimate of drug-likeness (QED) is 0.558. The van der Waals surface area contributed by atoms with E-state index in [1.165, 1.54) is 4.68 Å². The van der Waals surface area contributed by atoms with Crippen molar-refractivity contribution >= 4 is 18.4 Å². The highest BCUT2D eigenvalue weighted by Crippen LogP contribution is 2.11. The number of phenols is 1. The molecule has 1 aromatic heterocycles. The first-order valence-corrected chi connectivity index (χ1v) is 7.31. The Labute approximate surface area is 137 Å². The lowest BCUT2D eigenvalue weighted by Crippen LogP contribution is -2.04. The Morgan fingerprint density at radius 1 is 1.17 bits per heavy atom. The maximum atomic E-state index is 9.28. The van der Waals surface area contributed by atoms with Crippen molar-refractivity contribution in [1.29, 1.82) is 0 Å². The van der Waals surface area contributed by atoms with Crippen LogP contribution >= 0.6 is 12.2 Å². The summed E-state index contributed by atoms with van der Waals surface area (Å²) in [6, 6.07) is 16.1. The summed E-state index contributed by atoms with van der Waals surface area (Å²) in [5.41, 5.74) is 0.834. The highest BCUT2D eigenvalue weighted by Gasteiger charge is 2.06. The Kier molecular flexibility index (Phi) is 4.49. The summed E-state index contributed by atoms with van der Waals surface area (Å²) in [6.45, 7) is 0.240. The van der Waals surface area contributed by atoms with Crippen LogP contribution in [0.1, 0.15) is 11.4 Å². The summed E-state index contributed by atoms with van der Waals surface area (Å²) in [5, 5.41) is 20.4. The summed E-state index contributed by atoms with van der Waals surface area (Å²) in [6.07, 6.45) is 1.64. The van der Waals surface area contributed by atoms with Crippen molar-refractivity contribution in [2.45, 2.75) is 6.61 Å². The second kappa shape index (κ2) is 6.89. The van der Waals surface area contributed by atoms with Gasteiger partial charge in [0.25, 0.3) is 0 Å². The standard InChI is InChI=1S/C16H14N4O2S/c21-13-8-6-12(7-9-13)10-17-20-15(18-19-16(20)23)11-22-14-4-2-1-3-5-14/h1-10,21H,11H2,(H,19,23). The van der Waals surface area contributed by atoms with Crippen LogP contribution in [0, 0.1) is 4.77 Å². The third kappa shape index (κ3) is 3.83. The molecule has 0 unspecified atom stereocenters. The van der Waals surface area contributed by atoms with Crippen LogP contribution in [0.5, 0.6) is 11.5 Å². The number of rotatable bonds is 5. The SMILES string of the molecule is Oc1ccc(C=Nn2c(COc3ccccc3)n[nH]c2=S)cc1. The van der Waals surface area contributed by atoms with Crippen molar-refractivity contribution < 1.29 is 9.84 Å². The highest BCUT2D eigenvalue weighted by atomic mass is 32.1. The Hall–Kier alpha value is -2.93. The van der Waals surface area contributed by atoms with E-state index in [1.807, 2.05) is 30.3 Å². The number of phenolic OH excluding ortho intramolecular Hbond substituents is 1. The van der Waals surface area contributed by atoms with Crippen molar-refractivity contribution in [3.05, 3.63) is 70.8 Å². The van der Waals surface area contributed by atoms with Gasteiger partial charge in [0.2, 0.25) is 4.77 Å². The van der Waals surface area contributed by atoms with Crippen molar-refractivity contribution in [3.8, 4) is 11.5 Å². The van der Waals surface area contributed by atoms with Crippen LogP contribution in [-0.4, -0.2) is 26.2 Å². The topological polar surface area (TPSA) is 75.4 Å². The van der Waals surface area contributed by atoms with Crippen LogP contribution in [0.2, 0.25) is 0 Å². The monoisotopic (exact) mass is 326 g/mol. The molecule has 23 heavy (non-hydrogen) atoms. The molecule has 7 heteroatoms. The Balaban J connectivity index is 1.76. The van der Waals surface area contributed by atoms with Crippen molar-refractivity contribution in [2.24, 2.45) is 5.10 Å². The molecular formula is C16H14N4O2S. The van der Waals surface area contributed by atoms with Crippen LogP contribution in [0.15, 0.2) is 59.7 Å². The molecule has 2 aromatic carbocycles. The fourth-order valence-electron chi connectivity index (χ4n) is 1.89. The zero-order chi connectivity index (χ0) is 16.1. The van der Waals surface area contributed by atoms with E-state index in [1.54, 1.807) is 30.5 Å². The predicted octanol–water partition coefficient (Wildman–Crippen LogP) is 3.11. The number of aromatic nitrogens is 3. The molecule has 116 valence electrons. The number of nitrogens with one attached hydrogen (secondary N) is 1. The molecule has 0 aliphatic carbocycles. The lowest BCUT2D eigenvalue weighted by Gasteiger charge is -2.04. The molecule has 0 amide bonds. The highest BCUT2D eigenvalue weighted by molar-refractivity contribution is 7.71. The molecular weight excluding hydrogens is 312 g/mol. The van der Waals surface area contributed by atoms with E-state index >= 15 is 0 Å². The van der Waals surface area contributed by atoms with Gasteiger partial charge in [0.1, 0.15) is 18.1 Å². The molecule has 0 saturated heterocycles. The van der Waals surface area contributed by atoms with Gasteiger partial charge in [-0.15, -0.1) is 0 Å². The molecule has 0 fully saturated rings. The van der Waals surface area contributed by atoms with Gasteiger partial charge in [-0.05, 0) is 54.2 Å². The van der Waals surface area contributed by atoms with Crippen LogP contribution in [0.25, 0.3) is 0 Å². The number of aromatic hydroxyl groups is 1. The fraction of sp³-hybridized carbons (Fsp3) is 0.0625. The Bertz CT molecular complexity index is 854. The van der Waals surface area contributed by atoms with Crippen LogP contribution < -0.4 is 4.74 Å². The minimum atomic E-state index is 0.207. The molecule has 2 N–H and O–H groups in total. The molecule has 0 spiro atoms. The number of ether oxygens (including phenoxy) is 1. The van der Waals surface area contributed by atoms with E-state index in [2.05, 4.69) is 15.3 Å². The Morgan fingerprint density at radius 3 is 2.65 bits per heavy atom. The van der Waals surface area contributed by atoms with Gasteiger partial charge in [-0.1, -0.05) is 18.2 Å². The van der Waals surface area contributed by atoms with E-state index in [9.17, 15) is 5.11 Å². The maximum Gasteiger partial charge on any atom is 0.216 e. The molecule has 0 bridgehead atoms. The van der Waals surface area contributed by atoms with Crippen LogP contribution in [0.3, 0.4) is 0 Å². The van der Waals surface area contributed by atoms with E-state index in [0.717, 1.165) is 11.3 Å². The van der Waals surface area contributed by atoms with E-state index in [0.29, 0.717) is 10.6 Å². The summed E-state index contributed by atoms with van der Waals surface area (Å²) < 4.78 is 7.54. The fourth-order valence-corrected chi connectivity index (χ4v) is 2.08. The minimum Gasteiger partial charge on any atom is -0.508 e. The number of para-hydroxylation sites is 1. The van der Waals surface area contributed by atoms with E-state index in [4.69, 9.17) is 17.0 Å². The van der Waals surface area contributed by atoms with Crippen LogP contribution in [0.4, 0.5) is 0 Å². The average Bonchev–Trinajstić information content (AvgIpc) is 2.93. The number of aromatic amines is 1. The smallest absolute Gasteiger partial charge is 0.216 e. The molecule has 0 atom stereocenters. The van der Waals surface area contributed by atoms with Gasteiger partial charge in [-0.2, -0.15) is 14.9 Å². The molecule has 0 saturated carbocycles. The number of hydrogen-bond acceptors (Lipinski definition) is 5. The first-order chi connectivity index (χ1) is 11.2. The zero-order valence-corrected chi connectivity index (χ0v) is 12.9. The van der Waals surface area contributed by atoms with Crippen molar-refractivity contribution in [1.82, 2.24) is 14.9 Å². The maximum absolute atomic E-state index is 9.28. The average molecular weight is 326 g/mol. The third-order valence-electron chi connectivity index (χ3n) is 3.04. The van der Waals surface area contributed by atoms with Gasteiger partial charge in [-0.3, -0.25) is 0 Å². The number of benzene rings is 2. The molecule has 0 radical (unpaired) electrons. The summed E-state index contributed by atoms with van der Waals surface area (Å²) in [4.78, 5) is 0. The number of H-pyrrole nitrogens is 1. The van der Waals surface area contributed by atoms with Crippen molar-refractivity contribution in [3.63, 3.8) is 0 Å². The predicted molar refractivity (Wildman–Crippen MR) is 89.3 cm³/mol. The summed E-state index contributed by atoms with van der Waals surface area (Å²) in [7, 11) is 0. The van der Waals surface area contributed by atoms with Gasteiger partial charge in [0.15, 0.2) is 5.82 Å². The van der Waals surface area contributed by atoms with Gasteiger partial charge in [0, 0.05) is 0 Å². The van der Waals surface area contributed by atoms with E-state index in [-0.39, 0.29) is 12.4 Å². The van der Waals surface area contributed by atoms with Gasteiger partial charge in [-0.25, -0.2) is 5.10 Å². The number of hydrogen-bond donors (Lipinski definition) is 2. The molecule has 3 rings (SSSR count). The largest absolute Gasteiger partial charge is 0.508 e. The van der Waals surface area contributed by atoms with E-state index < -0.39 is 0 Å². The van der Waals surface area contributed by atoms with Crippen LogP contribution in [-0.2, 0) is 6.61 Å². The first-order valence-electron chi connectivity index (χ1n) is 6.90. The number of nitrogens with zero attached hydrogens (tertiary/aromatic N) is 3. The van der Waals surface area contributed by atoms with Gasteiger partial charge in [0.05, 0.1) is 6.21 Å². The van der Waals surface area contributed by atoms with Crippen molar-refractivity contribution in [2.75, 3.05) is 0 Å².